The molecule has 0 fully saturated rings. The Labute approximate surface area is 803 Å². The third-order valence-electron chi connectivity index (χ3n) is 23.1. The summed E-state index contributed by atoms with van der Waals surface area (Å²) in [5, 5.41) is 58.5. The Kier molecular flexibility index (Phi) is 41.1. The Morgan fingerprint density at radius 1 is 0.500 bits per heavy atom. The minimum absolute atomic E-state index is 0.00236. The number of fused-ring (bicyclic) bond motifs is 6. The number of alkyl halides is 3. The molecular formula is C114H110F3N3O18. The van der Waals surface area contributed by atoms with E-state index in [1.165, 1.54) is 31.4 Å². The SMILES string of the molecule is O=C(O)CCCC(=O)N1Cc2ccccc2C#Cc2ccccc21.O=C(O)COC1C#CCCCCC1.O=C(O)c1ccc(CC2(F)C#CCCCCC2)cc1.O=C(O)c1ccc(COC2C#CCCCCC2)cc1.O=C1c2ccccc2C#Cc2ccccc2N1CC1CC(c2ccc(CO)cc2)=NO1.O=COCOC1CCC#CC(F)(F)CC1.OC1Cc2ccccc2C#Cc2ccccc21. The van der Waals surface area contributed by atoms with Crippen LogP contribution in [0.1, 0.15) is 257 Å². The zero-order valence-electron chi connectivity index (χ0n) is 76.7. The smallest absolute Gasteiger partial charge is 0.335 e. The average Bonchev–Trinajstić information content (AvgIpc) is 1.70. The Balaban J connectivity index is 0.000000157. The van der Waals surface area contributed by atoms with Crippen molar-refractivity contribution in [2.24, 2.45) is 5.16 Å². The van der Waals surface area contributed by atoms with Gasteiger partial charge in [0.2, 0.25) is 5.91 Å². The third-order valence-corrected chi connectivity index (χ3v) is 23.1. The number of oxime groups is 1. The lowest BCUT2D eigenvalue weighted by atomic mass is 9.89. The van der Waals surface area contributed by atoms with Gasteiger partial charge in [0, 0.05) is 97.6 Å². The molecule has 0 saturated heterocycles. The first-order chi connectivity index (χ1) is 67.0. The Morgan fingerprint density at radius 2 is 1.04 bits per heavy atom. The summed E-state index contributed by atoms with van der Waals surface area (Å²) < 4.78 is 60.8. The van der Waals surface area contributed by atoms with Crippen LogP contribution in [-0.2, 0) is 75.6 Å². The number of aliphatic hydroxyl groups is 2. The number of aliphatic hydroxyl groups excluding tert-OH is 2. The molecule has 5 aliphatic carbocycles. The summed E-state index contributed by atoms with van der Waals surface area (Å²) in [5.74, 6) is 34.4. The molecule has 2 amide bonds. The van der Waals surface area contributed by atoms with Gasteiger partial charge >= 0.3 is 29.8 Å². The van der Waals surface area contributed by atoms with Gasteiger partial charge in [0.25, 0.3) is 12.4 Å². The van der Waals surface area contributed by atoms with E-state index >= 15 is 0 Å². The summed E-state index contributed by atoms with van der Waals surface area (Å²) in [6.45, 7) is 1.14. The number of amides is 2. The molecule has 9 aromatic rings. The van der Waals surface area contributed by atoms with E-state index in [1.807, 2.05) is 176 Å². The molecule has 24 heteroatoms. The number of anilines is 2. The minimum atomic E-state index is -2.92. The first-order valence-electron chi connectivity index (χ1n) is 46.3. The van der Waals surface area contributed by atoms with Gasteiger partial charge in [0.05, 0.1) is 72.3 Å². The molecule has 138 heavy (non-hydrogen) atoms. The van der Waals surface area contributed by atoms with Crippen LogP contribution in [0, 0.1) is 82.9 Å². The van der Waals surface area contributed by atoms with Gasteiger partial charge in [-0.3, -0.25) is 19.2 Å². The number of carbonyl (C=O) groups is 7. The molecule has 0 saturated carbocycles. The highest BCUT2D eigenvalue weighted by Gasteiger charge is 2.33. The van der Waals surface area contributed by atoms with Crippen molar-refractivity contribution in [2.45, 2.75) is 222 Å². The number of ether oxygens (including phenoxy) is 4. The van der Waals surface area contributed by atoms with Crippen LogP contribution in [0.2, 0.25) is 0 Å². The fourth-order valence-corrected chi connectivity index (χ4v) is 15.7. The van der Waals surface area contributed by atoms with E-state index in [0.717, 1.165) is 160 Å². The van der Waals surface area contributed by atoms with Crippen molar-refractivity contribution in [3.8, 4) is 82.9 Å². The predicted octanol–water partition coefficient (Wildman–Crippen LogP) is 19.6. The Morgan fingerprint density at radius 3 is 1.68 bits per heavy atom. The van der Waals surface area contributed by atoms with E-state index in [1.54, 1.807) is 46.2 Å². The summed E-state index contributed by atoms with van der Waals surface area (Å²) in [6.07, 6.45) is 16.5. The van der Waals surface area contributed by atoms with Gasteiger partial charge in [0.1, 0.15) is 18.8 Å². The van der Waals surface area contributed by atoms with E-state index in [0.29, 0.717) is 69.3 Å². The largest absolute Gasteiger partial charge is 0.481 e. The second-order valence-electron chi connectivity index (χ2n) is 33.5. The molecule has 0 spiro atoms. The molecule has 6 atom stereocenters. The van der Waals surface area contributed by atoms with E-state index in [4.69, 9.17) is 39.5 Å². The molecule has 0 aromatic heterocycles. The van der Waals surface area contributed by atoms with E-state index < -0.39 is 41.6 Å². The highest BCUT2D eigenvalue weighted by Crippen LogP contribution is 2.33. The Hall–Kier alpha value is -14.8. The molecule has 710 valence electrons. The average molecular weight is 1870 g/mol. The molecule has 17 rings (SSSR count). The van der Waals surface area contributed by atoms with Crippen LogP contribution in [0.5, 0.6) is 0 Å². The zero-order valence-corrected chi connectivity index (χ0v) is 76.7. The van der Waals surface area contributed by atoms with Gasteiger partial charge in [-0.05, 0) is 201 Å². The van der Waals surface area contributed by atoms with Crippen LogP contribution in [0.15, 0.2) is 224 Å². The van der Waals surface area contributed by atoms with Gasteiger partial charge < -0.3 is 64.2 Å². The predicted molar refractivity (Wildman–Crippen MR) is 519 cm³/mol. The highest BCUT2D eigenvalue weighted by molar-refractivity contribution is 6.09. The standard InChI is InChI=1S/C26H20N2O3.C20H17NO3.C16H17FO2.C16H18O3.C16H12O.C10H12F2O3.C10H14O3/c29-17-18-9-11-20(12-10-18)24-15-22(31-27-24)16-28-25-8-4-2-6-21(25)14-13-19-5-1-3-7-23(19)26(28)30;22-19(10-5-11-20(23)24)21-14-17-8-2-1-6-15(17)12-13-16-7-3-4-9-18(16)21;17-16(10-4-2-1-3-5-11-16)12-13-6-8-14(9-7-13)15(18)19;17-16(18)14-10-8-13(9-11-14)12-19-15-6-4-2-1-3-5-7-15;17-16-11-14-7-2-1-5-12(14)9-10-13-6-3-4-8-15(13)16;11-10(12)5-2-1-3-9(4-6-10)15-8-14-7-13;11-10(12)8-13-9-6-4-2-1-3-5-7-9/h1-12,22,29H,15-17H2;1-4,6-9H,5,10-11,14H2,(H,23,24);6-9H,1-4,10,12H2,(H,18,19);8-11,15H,1-4,6,12H2,(H,17,18);1-8,16-17H,11H2;7,9H,1,3-4,6,8H2;9H,1-4,6,8H2,(H,11,12). The Bertz CT molecular complexity index is 6190. The van der Waals surface area contributed by atoms with Crippen molar-refractivity contribution in [2.75, 3.05) is 29.7 Å². The summed E-state index contributed by atoms with van der Waals surface area (Å²) in [4.78, 5) is 87.6. The van der Waals surface area contributed by atoms with Gasteiger partial charge in [0.15, 0.2) is 18.6 Å². The van der Waals surface area contributed by atoms with Gasteiger partial charge in [-0.15, -0.1) is 11.8 Å². The zero-order chi connectivity index (χ0) is 97.7. The number of aromatic carboxylic acids is 2. The first kappa shape index (κ1) is 104. The number of para-hydroxylation sites is 2. The van der Waals surface area contributed by atoms with Crippen molar-refractivity contribution in [3.63, 3.8) is 0 Å². The monoisotopic (exact) mass is 1870 g/mol. The fraction of sp³-hybridized carbons (Fsp3) is 0.333. The maximum absolute atomic E-state index is 14.7. The molecule has 21 nitrogen and oxygen atoms in total. The number of rotatable bonds is 22. The van der Waals surface area contributed by atoms with E-state index in [9.17, 15) is 56.9 Å². The quantitative estimate of drug-likeness (QED) is 0.0159. The number of aliphatic carboxylic acids is 2. The van der Waals surface area contributed by atoms with Crippen LogP contribution in [-0.4, -0.2) is 134 Å². The number of hydrogen-bond acceptors (Lipinski definition) is 15. The third kappa shape index (κ3) is 34.0. The number of carbonyl (C=O) groups excluding carboxylic acids is 3. The number of hydrogen-bond donors (Lipinski definition) is 6. The summed E-state index contributed by atoms with van der Waals surface area (Å²) in [7, 11) is 0. The highest BCUT2D eigenvalue weighted by atomic mass is 19.3. The van der Waals surface area contributed by atoms with Crippen molar-refractivity contribution in [3.05, 3.63) is 307 Å². The number of carboxylic acid groups (broad SMARTS) is 4. The van der Waals surface area contributed by atoms with E-state index in [-0.39, 0.29) is 100 Å². The van der Waals surface area contributed by atoms with Crippen LogP contribution in [0.25, 0.3) is 0 Å². The van der Waals surface area contributed by atoms with Crippen LogP contribution in [0.4, 0.5) is 24.5 Å². The van der Waals surface area contributed by atoms with Crippen LogP contribution >= 0.6 is 0 Å². The van der Waals surface area contributed by atoms with Gasteiger partial charge in [-0.25, -0.2) is 18.8 Å². The molecule has 3 aliphatic heterocycles. The molecule has 8 aliphatic rings. The fourth-order valence-electron chi connectivity index (χ4n) is 15.7. The van der Waals surface area contributed by atoms with Crippen LogP contribution in [0.3, 0.4) is 0 Å². The van der Waals surface area contributed by atoms with Gasteiger partial charge in [-0.1, -0.05) is 229 Å². The van der Waals surface area contributed by atoms with Crippen molar-refractivity contribution in [1.29, 1.82) is 0 Å². The summed E-state index contributed by atoms with van der Waals surface area (Å²) in [5.41, 5.74) is 13.8. The topological polar surface area (TPSA) is 306 Å². The number of carboxylic acids is 4. The molecule has 0 radical (unpaired) electrons. The minimum Gasteiger partial charge on any atom is -0.481 e. The normalized spacial score (nSPS) is 18.4. The summed E-state index contributed by atoms with van der Waals surface area (Å²) >= 11 is 0. The maximum atomic E-state index is 14.7. The lowest BCUT2D eigenvalue weighted by Crippen LogP contribution is -2.39. The molecule has 3 heterocycles. The van der Waals surface area contributed by atoms with Crippen molar-refractivity contribution >= 4 is 59.3 Å². The second kappa shape index (κ2) is 54.7. The first-order valence-corrected chi connectivity index (χ1v) is 46.3. The molecular weight excluding hydrogens is 1760 g/mol. The summed E-state index contributed by atoms with van der Waals surface area (Å²) in [6, 6.07) is 67.0. The molecule has 9 aromatic carbocycles. The lowest BCUT2D eigenvalue weighted by molar-refractivity contribution is -0.147. The lowest BCUT2D eigenvalue weighted by Gasteiger charge is -2.27. The molecule has 6 N–H and O–H groups in total. The van der Waals surface area contributed by atoms with Crippen LogP contribution < -0.4 is 9.80 Å². The maximum Gasteiger partial charge on any atom is 0.335 e. The number of benzene rings is 9. The van der Waals surface area contributed by atoms with Crippen molar-refractivity contribution < 1.29 is 101 Å². The van der Waals surface area contributed by atoms with Crippen molar-refractivity contribution in [1.82, 2.24) is 0 Å². The molecule has 0 bridgehead atoms. The van der Waals surface area contributed by atoms with Gasteiger partial charge in [-0.2, -0.15) is 8.78 Å². The molecule has 6 unspecified atom stereocenters. The second-order valence-corrected chi connectivity index (χ2v) is 33.5. The number of halogens is 3. The number of nitrogens with zero attached hydrogens (tertiary/aromatic N) is 3. The van der Waals surface area contributed by atoms with E-state index in [2.05, 4.69) is 86.9 Å².